The summed E-state index contributed by atoms with van der Waals surface area (Å²) in [7, 11) is 0. The van der Waals surface area contributed by atoms with Gasteiger partial charge in [-0.2, -0.15) is 5.26 Å². The zero-order valence-electron chi connectivity index (χ0n) is 32.8. The SMILES string of the molecule is CCCCCCc1cc(-c2sc(-c3cc4sc(/C=C(/C#N)C(=O)O)cc4s3)cc2CCCCCC)sc1-c1ccc(-c2nc3ccccc3n2-c2ccccc2)cc1. The van der Waals surface area contributed by atoms with Crippen molar-refractivity contribution in [3.8, 4) is 53.1 Å². The van der Waals surface area contributed by atoms with E-state index < -0.39 is 5.97 Å². The van der Waals surface area contributed by atoms with Crippen LogP contribution < -0.4 is 0 Å². The molecule has 0 bridgehead atoms. The van der Waals surface area contributed by atoms with Crippen molar-refractivity contribution in [3.05, 3.63) is 125 Å². The number of aryl methyl sites for hydroxylation is 2. The van der Waals surface area contributed by atoms with E-state index in [0.29, 0.717) is 0 Å². The van der Waals surface area contributed by atoms with Crippen LogP contribution in [0.2, 0.25) is 0 Å². The normalized spacial score (nSPS) is 11.8. The number of nitrogens with zero attached hydrogens (tertiary/aromatic N) is 3. The quantitative estimate of drug-likeness (QED) is 0.0563. The monoisotopic (exact) mass is 835 g/mol. The van der Waals surface area contributed by atoms with Crippen LogP contribution in [0.3, 0.4) is 0 Å². The maximum atomic E-state index is 11.4. The van der Waals surface area contributed by atoms with Crippen molar-refractivity contribution in [2.75, 3.05) is 0 Å². The maximum absolute atomic E-state index is 11.4. The van der Waals surface area contributed by atoms with Crippen molar-refractivity contribution in [2.24, 2.45) is 0 Å². The first-order valence-corrected chi connectivity index (χ1v) is 23.5. The van der Waals surface area contributed by atoms with E-state index in [0.717, 1.165) is 55.2 Å². The Morgan fingerprint density at radius 3 is 2.00 bits per heavy atom. The summed E-state index contributed by atoms with van der Waals surface area (Å²) in [5.41, 5.74) is 8.14. The van der Waals surface area contributed by atoms with Gasteiger partial charge in [-0.3, -0.25) is 4.57 Å². The predicted octanol–water partition coefficient (Wildman–Crippen LogP) is 15.3. The molecule has 8 aromatic rings. The standard InChI is InChI=1S/C49H45N3O2S4/c1-3-5-7-10-16-34-28-45(58-46(34)32-22-24-33(25-23-32)48-51-39-20-14-15-21-40(39)52(48)37-18-12-9-13-19-37)47-35(17-11-8-6-4-2)27-41(57-47)44-30-43-42(56-44)29-38(55-43)26-36(31-50)49(53)54/h9,12-15,18-30H,3-8,10-11,16-17H2,1-2H3,(H,53,54)/b36-26-. The number of carbonyl (C=O) groups is 1. The minimum Gasteiger partial charge on any atom is -0.477 e. The van der Waals surface area contributed by atoms with E-state index in [1.807, 2.05) is 28.7 Å². The number of benzene rings is 3. The molecule has 1 N–H and O–H groups in total. The number of imidazole rings is 1. The van der Waals surface area contributed by atoms with Gasteiger partial charge in [0.15, 0.2) is 0 Å². The molecule has 0 saturated heterocycles. The molecule has 0 spiro atoms. The number of nitriles is 1. The van der Waals surface area contributed by atoms with Gasteiger partial charge in [-0.15, -0.1) is 45.3 Å². The maximum Gasteiger partial charge on any atom is 0.346 e. The lowest BCUT2D eigenvalue weighted by Gasteiger charge is -2.10. The molecule has 0 aliphatic rings. The molecule has 0 saturated carbocycles. The molecule has 5 nitrogen and oxygen atoms in total. The molecule has 3 aromatic carbocycles. The third-order valence-electron chi connectivity index (χ3n) is 10.5. The third kappa shape index (κ3) is 8.53. The summed E-state index contributed by atoms with van der Waals surface area (Å²) in [6, 6.07) is 38.9. The van der Waals surface area contributed by atoms with Crippen molar-refractivity contribution in [2.45, 2.75) is 78.1 Å². The van der Waals surface area contributed by atoms with Gasteiger partial charge in [0.25, 0.3) is 0 Å². The third-order valence-corrected chi connectivity index (χ3v) is 15.5. The zero-order valence-corrected chi connectivity index (χ0v) is 36.1. The van der Waals surface area contributed by atoms with Gasteiger partial charge in [-0.05, 0) is 97.0 Å². The molecular weight excluding hydrogens is 791 g/mol. The van der Waals surface area contributed by atoms with E-state index >= 15 is 0 Å². The van der Waals surface area contributed by atoms with Crippen LogP contribution in [0.4, 0.5) is 0 Å². The lowest BCUT2D eigenvalue weighted by molar-refractivity contribution is -0.132. The van der Waals surface area contributed by atoms with Gasteiger partial charge in [0.1, 0.15) is 17.5 Å². The number of para-hydroxylation sites is 3. The highest BCUT2D eigenvalue weighted by atomic mass is 32.1. The fraction of sp³-hybridized carbons (Fsp3) is 0.245. The molecule has 0 radical (unpaired) electrons. The van der Waals surface area contributed by atoms with Gasteiger partial charge in [0.05, 0.1) is 11.0 Å². The second-order valence-corrected chi connectivity index (χ2v) is 19.0. The predicted molar refractivity (Wildman–Crippen MR) is 249 cm³/mol. The summed E-state index contributed by atoms with van der Waals surface area (Å²) in [4.78, 5) is 23.9. The lowest BCUT2D eigenvalue weighted by Crippen LogP contribution is -1.97. The number of carboxylic acid groups (broad SMARTS) is 1. The van der Waals surface area contributed by atoms with Crippen LogP contribution in [0, 0.1) is 11.3 Å². The van der Waals surface area contributed by atoms with Crippen LogP contribution in [0.1, 0.15) is 81.2 Å². The number of hydrogen-bond donors (Lipinski definition) is 1. The number of fused-ring (bicyclic) bond motifs is 2. The Morgan fingerprint density at radius 1 is 0.690 bits per heavy atom. The highest BCUT2D eigenvalue weighted by Crippen LogP contribution is 2.48. The summed E-state index contributed by atoms with van der Waals surface area (Å²) in [5, 5.41) is 18.6. The molecule has 0 aliphatic carbocycles. The smallest absolute Gasteiger partial charge is 0.346 e. The zero-order chi connectivity index (χ0) is 40.0. The Bertz CT molecular complexity index is 2720. The van der Waals surface area contributed by atoms with Crippen LogP contribution in [0.5, 0.6) is 0 Å². The van der Waals surface area contributed by atoms with E-state index in [9.17, 15) is 15.2 Å². The van der Waals surface area contributed by atoms with E-state index in [2.05, 4.69) is 115 Å². The number of hydrogen-bond acceptors (Lipinski definition) is 7. The molecule has 0 unspecified atom stereocenters. The van der Waals surface area contributed by atoms with Crippen LogP contribution in [0.15, 0.2) is 109 Å². The van der Waals surface area contributed by atoms with Crippen LogP contribution in [0.25, 0.3) is 73.5 Å². The van der Waals surface area contributed by atoms with Crippen LogP contribution in [-0.2, 0) is 17.6 Å². The summed E-state index contributed by atoms with van der Waals surface area (Å²) in [5.74, 6) is -0.256. The number of carboxylic acids is 1. The molecule has 0 aliphatic heterocycles. The molecule has 0 fully saturated rings. The second kappa shape index (κ2) is 18.2. The van der Waals surface area contributed by atoms with Crippen molar-refractivity contribution in [1.82, 2.24) is 9.55 Å². The first-order chi connectivity index (χ1) is 28.4. The van der Waals surface area contributed by atoms with E-state index in [1.54, 1.807) is 17.4 Å². The van der Waals surface area contributed by atoms with Crippen molar-refractivity contribution in [3.63, 3.8) is 0 Å². The minimum absolute atomic E-state index is 0.246. The summed E-state index contributed by atoms with van der Waals surface area (Å²) in [6.07, 6.45) is 13.4. The first kappa shape index (κ1) is 39.7. The van der Waals surface area contributed by atoms with Crippen molar-refractivity contribution in [1.29, 1.82) is 5.26 Å². The molecule has 0 amide bonds. The lowest BCUT2D eigenvalue weighted by atomic mass is 10.0. The fourth-order valence-electron chi connectivity index (χ4n) is 7.56. The number of aliphatic carboxylic acids is 1. The summed E-state index contributed by atoms with van der Waals surface area (Å²) >= 11 is 7.11. The average Bonchev–Trinajstić information content (AvgIpc) is 4.08. The molecule has 5 aromatic heterocycles. The number of rotatable bonds is 17. The van der Waals surface area contributed by atoms with Gasteiger partial charge in [-0.1, -0.05) is 107 Å². The van der Waals surface area contributed by atoms with Gasteiger partial charge >= 0.3 is 5.97 Å². The molecule has 58 heavy (non-hydrogen) atoms. The Hall–Kier alpha value is -5.11. The molecule has 5 heterocycles. The highest BCUT2D eigenvalue weighted by molar-refractivity contribution is 7.32. The Balaban J connectivity index is 1.16. The van der Waals surface area contributed by atoms with Gasteiger partial charge in [0, 0.05) is 49.9 Å². The average molecular weight is 836 g/mol. The molecule has 8 rings (SSSR count). The molecular formula is C49H45N3O2S4. The minimum atomic E-state index is -1.20. The second-order valence-electron chi connectivity index (χ2n) is 14.7. The van der Waals surface area contributed by atoms with Gasteiger partial charge < -0.3 is 5.11 Å². The molecule has 292 valence electrons. The van der Waals surface area contributed by atoms with E-state index in [-0.39, 0.29) is 5.57 Å². The Kier molecular flexibility index (Phi) is 12.5. The van der Waals surface area contributed by atoms with Crippen molar-refractivity contribution >= 4 is 77.8 Å². The number of unbranched alkanes of at least 4 members (excludes halogenated alkanes) is 6. The van der Waals surface area contributed by atoms with Gasteiger partial charge in [-0.25, -0.2) is 9.78 Å². The van der Waals surface area contributed by atoms with Crippen LogP contribution in [-0.4, -0.2) is 20.6 Å². The van der Waals surface area contributed by atoms with E-state index in [1.165, 1.54) is 110 Å². The fourth-order valence-corrected chi connectivity index (χ4v) is 12.5. The first-order valence-electron chi connectivity index (χ1n) is 20.2. The topological polar surface area (TPSA) is 78.9 Å². The summed E-state index contributed by atoms with van der Waals surface area (Å²) in [6.45, 7) is 4.54. The van der Waals surface area contributed by atoms with Gasteiger partial charge in [0.2, 0.25) is 0 Å². The van der Waals surface area contributed by atoms with E-state index in [4.69, 9.17) is 4.98 Å². The largest absolute Gasteiger partial charge is 0.477 e. The van der Waals surface area contributed by atoms with Crippen molar-refractivity contribution < 1.29 is 9.90 Å². The number of aromatic nitrogens is 2. The highest BCUT2D eigenvalue weighted by Gasteiger charge is 2.21. The molecule has 9 heteroatoms. The molecule has 0 atom stereocenters. The Morgan fingerprint density at radius 2 is 1.31 bits per heavy atom. The Labute approximate surface area is 356 Å². The van der Waals surface area contributed by atoms with Crippen LogP contribution >= 0.6 is 45.3 Å². The number of thiophene rings is 4. The summed E-state index contributed by atoms with van der Waals surface area (Å²) < 4.78 is 4.49.